The summed E-state index contributed by atoms with van der Waals surface area (Å²) in [5, 5.41) is 2.96. The zero-order valence-electron chi connectivity index (χ0n) is 15.1. The third kappa shape index (κ3) is 5.70. The fourth-order valence-corrected chi connectivity index (χ4v) is 3.64. The zero-order valence-corrected chi connectivity index (χ0v) is 15.1. The van der Waals surface area contributed by atoms with Crippen molar-refractivity contribution in [3.63, 3.8) is 0 Å². The van der Waals surface area contributed by atoms with E-state index in [4.69, 9.17) is 4.74 Å². The predicted octanol–water partition coefficient (Wildman–Crippen LogP) is 3.33. The maximum absolute atomic E-state index is 12.4. The molecule has 0 aromatic carbocycles. The van der Waals surface area contributed by atoms with E-state index in [0.717, 1.165) is 19.5 Å². The second kappa shape index (κ2) is 7.54. The lowest BCUT2D eigenvalue weighted by molar-refractivity contribution is -0.134. The number of hydrogen-bond acceptors (Lipinski definition) is 3. The van der Waals surface area contributed by atoms with Gasteiger partial charge in [-0.05, 0) is 51.9 Å². The summed E-state index contributed by atoms with van der Waals surface area (Å²) >= 11 is 0. The molecule has 1 N–H and O–H groups in total. The number of nitrogens with zero attached hydrogens (tertiary/aromatic N) is 1. The van der Waals surface area contributed by atoms with E-state index in [1.165, 1.54) is 25.7 Å². The summed E-state index contributed by atoms with van der Waals surface area (Å²) in [5.74, 6) is 1.14. The highest BCUT2D eigenvalue weighted by Gasteiger charge is 2.31. The highest BCUT2D eigenvalue weighted by molar-refractivity contribution is 5.76. The highest BCUT2D eigenvalue weighted by atomic mass is 16.6. The average molecular weight is 324 g/mol. The number of rotatable bonds is 3. The highest BCUT2D eigenvalue weighted by Crippen LogP contribution is 2.29. The van der Waals surface area contributed by atoms with Crippen LogP contribution in [0.4, 0.5) is 4.79 Å². The van der Waals surface area contributed by atoms with Gasteiger partial charge in [-0.2, -0.15) is 0 Å². The molecule has 2 atom stereocenters. The number of alkyl carbamates (subject to hydrolysis) is 1. The normalized spacial score (nSPS) is 26.2. The summed E-state index contributed by atoms with van der Waals surface area (Å²) in [6.07, 6.45) is 6.11. The molecule has 23 heavy (non-hydrogen) atoms. The molecule has 5 heteroatoms. The SMILES string of the molecule is C[C@H]1CN(C(=O)CC2CCCC2)CC[C@H]1NC(=O)OC(C)(C)C. The molecule has 1 heterocycles. The van der Waals surface area contributed by atoms with E-state index in [9.17, 15) is 9.59 Å². The van der Waals surface area contributed by atoms with Crippen molar-refractivity contribution < 1.29 is 14.3 Å². The maximum Gasteiger partial charge on any atom is 0.407 e. The number of hydrogen-bond donors (Lipinski definition) is 1. The number of nitrogens with one attached hydrogen (secondary N) is 1. The van der Waals surface area contributed by atoms with Gasteiger partial charge in [0.25, 0.3) is 0 Å². The Hall–Kier alpha value is -1.26. The zero-order chi connectivity index (χ0) is 17.0. The predicted molar refractivity (Wildman–Crippen MR) is 90.1 cm³/mol. The van der Waals surface area contributed by atoms with Crippen LogP contribution in [-0.4, -0.2) is 41.6 Å². The third-order valence-corrected chi connectivity index (χ3v) is 4.90. The van der Waals surface area contributed by atoms with E-state index in [2.05, 4.69) is 12.2 Å². The minimum atomic E-state index is -0.481. The molecule has 0 aromatic rings. The number of likely N-dealkylation sites (tertiary alicyclic amines) is 1. The molecule has 2 amide bonds. The topological polar surface area (TPSA) is 58.6 Å². The summed E-state index contributed by atoms with van der Waals surface area (Å²) in [7, 11) is 0. The number of carbonyl (C=O) groups is 2. The van der Waals surface area contributed by atoms with Gasteiger partial charge in [0.05, 0.1) is 0 Å². The molecule has 0 radical (unpaired) electrons. The molecule has 132 valence electrons. The first-order chi connectivity index (χ1) is 10.7. The molecule has 2 aliphatic rings. The fraction of sp³-hybridized carbons (Fsp3) is 0.889. The van der Waals surface area contributed by atoms with Crippen molar-refractivity contribution >= 4 is 12.0 Å². The van der Waals surface area contributed by atoms with Crippen LogP contribution in [0.15, 0.2) is 0 Å². The van der Waals surface area contributed by atoms with E-state index in [1.807, 2.05) is 25.7 Å². The van der Waals surface area contributed by atoms with Crippen LogP contribution in [0.1, 0.15) is 66.2 Å². The van der Waals surface area contributed by atoms with Crippen molar-refractivity contribution in [3.05, 3.63) is 0 Å². The van der Waals surface area contributed by atoms with E-state index < -0.39 is 5.60 Å². The van der Waals surface area contributed by atoms with Crippen LogP contribution >= 0.6 is 0 Å². The van der Waals surface area contributed by atoms with Gasteiger partial charge in [0.15, 0.2) is 0 Å². The first kappa shape index (κ1) is 18.1. The molecule has 0 unspecified atom stereocenters. The van der Waals surface area contributed by atoms with Crippen LogP contribution in [0, 0.1) is 11.8 Å². The van der Waals surface area contributed by atoms with Gasteiger partial charge in [-0.15, -0.1) is 0 Å². The van der Waals surface area contributed by atoms with Crippen molar-refractivity contribution in [2.45, 2.75) is 77.9 Å². The molecule has 1 saturated heterocycles. The van der Waals surface area contributed by atoms with Gasteiger partial charge in [-0.1, -0.05) is 19.8 Å². The minimum absolute atomic E-state index is 0.0837. The van der Waals surface area contributed by atoms with Crippen molar-refractivity contribution in [1.29, 1.82) is 0 Å². The van der Waals surface area contributed by atoms with Gasteiger partial charge in [0, 0.05) is 25.6 Å². The summed E-state index contributed by atoms with van der Waals surface area (Å²) in [6, 6.07) is 0.0837. The van der Waals surface area contributed by atoms with Crippen molar-refractivity contribution in [2.75, 3.05) is 13.1 Å². The van der Waals surface area contributed by atoms with Gasteiger partial charge in [-0.3, -0.25) is 4.79 Å². The Kier molecular flexibility index (Phi) is 5.93. The largest absolute Gasteiger partial charge is 0.444 e. The molecule has 2 rings (SSSR count). The monoisotopic (exact) mass is 324 g/mol. The van der Waals surface area contributed by atoms with Crippen LogP contribution in [0.2, 0.25) is 0 Å². The summed E-state index contributed by atoms with van der Waals surface area (Å²) in [5.41, 5.74) is -0.481. The lowest BCUT2D eigenvalue weighted by Gasteiger charge is -2.37. The maximum atomic E-state index is 12.4. The van der Waals surface area contributed by atoms with Crippen LogP contribution in [0.5, 0.6) is 0 Å². The summed E-state index contributed by atoms with van der Waals surface area (Å²) in [6.45, 7) is 9.14. The fourth-order valence-electron chi connectivity index (χ4n) is 3.64. The van der Waals surface area contributed by atoms with E-state index in [-0.39, 0.29) is 18.1 Å². The average Bonchev–Trinajstić information content (AvgIpc) is 2.91. The van der Waals surface area contributed by atoms with Crippen molar-refractivity contribution in [2.24, 2.45) is 11.8 Å². The lowest BCUT2D eigenvalue weighted by Crippen LogP contribution is -2.52. The Labute approximate surface area is 140 Å². The van der Waals surface area contributed by atoms with Crippen molar-refractivity contribution in [3.8, 4) is 0 Å². The van der Waals surface area contributed by atoms with Crippen LogP contribution in [-0.2, 0) is 9.53 Å². The first-order valence-electron chi connectivity index (χ1n) is 9.02. The molecule has 1 aliphatic carbocycles. The second-order valence-corrected chi connectivity index (χ2v) is 8.21. The molecule has 1 aliphatic heterocycles. The van der Waals surface area contributed by atoms with E-state index in [0.29, 0.717) is 18.2 Å². The van der Waals surface area contributed by atoms with Crippen LogP contribution in [0.25, 0.3) is 0 Å². The molecular weight excluding hydrogens is 292 g/mol. The number of piperidine rings is 1. The van der Waals surface area contributed by atoms with Gasteiger partial charge in [0.2, 0.25) is 5.91 Å². The standard InChI is InChI=1S/C18H32N2O3/c1-13-12-20(16(21)11-14-7-5-6-8-14)10-9-15(13)19-17(22)23-18(2,3)4/h13-15H,5-12H2,1-4H3,(H,19,22)/t13-,15+/m0/s1. The molecule has 0 bridgehead atoms. The molecular formula is C18H32N2O3. The molecule has 0 spiro atoms. The number of amides is 2. The quantitative estimate of drug-likeness (QED) is 0.866. The third-order valence-electron chi connectivity index (χ3n) is 4.90. The van der Waals surface area contributed by atoms with E-state index >= 15 is 0 Å². The smallest absolute Gasteiger partial charge is 0.407 e. The van der Waals surface area contributed by atoms with Crippen LogP contribution < -0.4 is 5.32 Å². The summed E-state index contributed by atoms with van der Waals surface area (Å²) < 4.78 is 5.32. The van der Waals surface area contributed by atoms with Gasteiger partial charge in [0.1, 0.15) is 5.60 Å². The molecule has 2 fully saturated rings. The Morgan fingerprint density at radius 3 is 2.39 bits per heavy atom. The molecule has 1 saturated carbocycles. The Bertz CT molecular complexity index is 424. The Morgan fingerprint density at radius 1 is 1.17 bits per heavy atom. The second-order valence-electron chi connectivity index (χ2n) is 8.21. The van der Waals surface area contributed by atoms with Crippen molar-refractivity contribution in [1.82, 2.24) is 10.2 Å². The molecule has 0 aromatic heterocycles. The lowest BCUT2D eigenvalue weighted by atomic mass is 9.93. The Balaban J connectivity index is 1.77. The van der Waals surface area contributed by atoms with Gasteiger partial charge < -0.3 is 15.0 Å². The number of ether oxygens (including phenoxy) is 1. The van der Waals surface area contributed by atoms with E-state index in [1.54, 1.807) is 0 Å². The first-order valence-corrected chi connectivity index (χ1v) is 9.02. The Morgan fingerprint density at radius 2 is 1.83 bits per heavy atom. The minimum Gasteiger partial charge on any atom is -0.444 e. The van der Waals surface area contributed by atoms with Gasteiger partial charge in [-0.25, -0.2) is 4.79 Å². The van der Waals surface area contributed by atoms with Gasteiger partial charge >= 0.3 is 6.09 Å². The molecule has 5 nitrogen and oxygen atoms in total. The number of carbonyl (C=O) groups excluding carboxylic acids is 2. The van der Waals surface area contributed by atoms with Crippen LogP contribution in [0.3, 0.4) is 0 Å². The summed E-state index contributed by atoms with van der Waals surface area (Å²) in [4.78, 5) is 26.3.